The molecule has 3 N–H and O–H groups in total. The second-order valence-electron chi connectivity index (χ2n) is 15.7. The molecule has 1 amide bonds. The minimum absolute atomic E-state index is 0.0755. The number of aliphatic hydroxyl groups is 1. The Hall–Kier alpha value is -0.760. The maximum Gasteiger partial charge on any atom is 0.472 e. The van der Waals surface area contributed by atoms with E-state index in [-0.39, 0.29) is 19.1 Å². The number of nitrogens with zero attached hydrogens (tertiary/aromatic N) is 1. The highest BCUT2D eigenvalue weighted by Gasteiger charge is 2.28. The number of carbonyl (C=O) groups is 1. The van der Waals surface area contributed by atoms with Crippen LogP contribution in [0.1, 0.15) is 194 Å². The third-order valence-corrected chi connectivity index (χ3v) is 10.5. The fourth-order valence-electron chi connectivity index (χ4n) is 6.10. The van der Waals surface area contributed by atoms with Crippen molar-refractivity contribution in [2.45, 2.75) is 206 Å². The van der Waals surface area contributed by atoms with Crippen molar-refractivity contribution in [2.24, 2.45) is 0 Å². The Labute approximate surface area is 310 Å². The van der Waals surface area contributed by atoms with Gasteiger partial charge in [-0.25, -0.2) is 4.57 Å². The van der Waals surface area contributed by atoms with Crippen molar-refractivity contribution in [1.29, 1.82) is 0 Å². The quantitative estimate of drug-likeness (QED) is 0.0253. The van der Waals surface area contributed by atoms with E-state index in [9.17, 15) is 19.4 Å². The molecule has 0 spiro atoms. The fraction of sp³-hybridized carbons (Fsp3) is 0.927. The van der Waals surface area contributed by atoms with E-state index in [0.717, 1.165) is 38.5 Å². The number of amides is 1. The van der Waals surface area contributed by atoms with Crippen LogP contribution in [0.4, 0.5) is 0 Å². The monoisotopic (exact) mass is 732 g/mol. The highest BCUT2D eigenvalue weighted by Crippen LogP contribution is 2.43. The molecular weight excluding hydrogens is 647 g/mol. The lowest BCUT2D eigenvalue weighted by Gasteiger charge is -2.26. The van der Waals surface area contributed by atoms with Gasteiger partial charge in [0.1, 0.15) is 13.2 Å². The summed E-state index contributed by atoms with van der Waals surface area (Å²) in [4.78, 5) is 23.1. The number of unbranched alkanes of at least 4 members (excludes halogenated alkanes) is 23. The van der Waals surface area contributed by atoms with Crippen molar-refractivity contribution in [1.82, 2.24) is 5.32 Å². The van der Waals surface area contributed by atoms with Crippen molar-refractivity contribution in [2.75, 3.05) is 40.9 Å². The number of hydrogen-bond acceptors (Lipinski definition) is 5. The molecule has 3 atom stereocenters. The zero-order valence-corrected chi connectivity index (χ0v) is 34.5. The van der Waals surface area contributed by atoms with Gasteiger partial charge in [0.2, 0.25) is 5.91 Å². The molecule has 9 heteroatoms. The molecule has 0 saturated heterocycles. The van der Waals surface area contributed by atoms with Crippen LogP contribution in [0.15, 0.2) is 12.2 Å². The highest BCUT2D eigenvalue weighted by molar-refractivity contribution is 7.47. The maximum atomic E-state index is 12.8. The van der Waals surface area contributed by atoms with Gasteiger partial charge in [-0.15, -0.1) is 0 Å². The van der Waals surface area contributed by atoms with Crippen LogP contribution in [0.25, 0.3) is 0 Å². The van der Waals surface area contributed by atoms with E-state index in [1.807, 2.05) is 21.1 Å². The number of carbonyl (C=O) groups excluding carboxylic acids is 1. The largest absolute Gasteiger partial charge is 0.472 e. The SMILES string of the molecule is CCCCCC/C=C\CCCCCCCCCC(=O)NC(COP(=O)(O)OCC[N+](C)(C)C)C(O)CCCCCCCCCCCCCCC. The number of rotatable bonds is 38. The van der Waals surface area contributed by atoms with E-state index in [1.54, 1.807) is 0 Å². The summed E-state index contributed by atoms with van der Waals surface area (Å²) >= 11 is 0. The smallest absolute Gasteiger partial charge is 0.391 e. The highest BCUT2D eigenvalue weighted by atomic mass is 31.2. The van der Waals surface area contributed by atoms with Crippen LogP contribution in [0.2, 0.25) is 0 Å². The molecule has 0 aliphatic rings. The van der Waals surface area contributed by atoms with Crippen LogP contribution >= 0.6 is 7.82 Å². The molecule has 298 valence electrons. The lowest BCUT2D eigenvalue weighted by Crippen LogP contribution is -2.46. The lowest BCUT2D eigenvalue weighted by molar-refractivity contribution is -0.870. The van der Waals surface area contributed by atoms with Gasteiger partial charge in [-0.2, -0.15) is 0 Å². The third-order valence-electron chi connectivity index (χ3n) is 9.51. The number of allylic oxidation sites excluding steroid dienone is 2. The predicted octanol–water partition coefficient (Wildman–Crippen LogP) is 11.2. The molecule has 50 heavy (non-hydrogen) atoms. The first-order valence-electron chi connectivity index (χ1n) is 21.1. The molecule has 0 bridgehead atoms. The molecule has 0 aromatic rings. The van der Waals surface area contributed by atoms with E-state index in [2.05, 4.69) is 31.3 Å². The average Bonchev–Trinajstić information content (AvgIpc) is 3.06. The maximum absolute atomic E-state index is 12.8. The third kappa shape index (κ3) is 35.6. The Kier molecular flexibility index (Phi) is 33.5. The second kappa shape index (κ2) is 34.0. The van der Waals surface area contributed by atoms with Gasteiger partial charge in [0.15, 0.2) is 0 Å². The summed E-state index contributed by atoms with van der Waals surface area (Å²) in [6.07, 6.45) is 36.5. The number of hydrogen-bond donors (Lipinski definition) is 3. The second-order valence-corrected chi connectivity index (χ2v) is 17.2. The molecule has 3 unspecified atom stereocenters. The van der Waals surface area contributed by atoms with Crippen LogP contribution in [-0.2, 0) is 18.4 Å². The lowest BCUT2D eigenvalue weighted by atomic mass is 10.0. The summed E-state index contributed by atoms with van der Waals surface area (Å²) in [5.74, 6) is -0.150. The molecule has 8 nitrogen and oxygen atoms in total. The minimum Gasteiger partial charge on any atom is -0.391 e. The van der Waals surface area contributed by atoms with Crippen LogP contribution in [0, 0.1) is 0 Å². The average molecular weight is 732 g/mol. The van der Waals surface area contributed by atoms with E-state index in [4.69, 9.17) is 9.05 Å². The molecule has 0 heterocycles. The van der Waals surface area contributed by atoms with Gasteiger partial charge in [-0.05, 0) is 38.5 Å². The summed E-state index contributed by atoms with van der Waals surface area (Å²) in [6, 6.07) is -0.757. The zero-order valence-electron chi connectivity index (χ0n) is 33.7. The van der Waals surface area contributed by atoms with E-state index >= 15 is 0 Å². The first-order chi connectivity index (χ1) is 24.0. The van der Waals surface area contributed by atoms with E-state index < -0.39 is 20.0 Å². The molecular formula is C41H84N2O6P+. The van der Waals surface area contributed by atoms with E-state index in [0.29, 0.717) is 23.9 Å². The molecule has 0 saturated carbocycles. The zero-order chi connectivity index (χ0) is 37.2. The number of quaternary nitrogens is 1. The topological polar surface area (TPSA) is 105 Å². The number of nitrogens with one attached hydrogen (secondary N) is 1. The molecule has 0 fully saturated rings. The minimum atomic E-state index is -4.31. The van der Waals surface area contributed by atoms with Crippen LogP contribution < -0.4 is 5.32 Å². The van der Waals surface area contributed by atoms with Crippen LogP contribution in [0.3, 0.4) is 0 Å². The molecule has 0 aliphatic heterocycles. The Bertz CT molecular complexity index is 834. The standard InChI is InChI=1S/C41H83N2O6P/c1-6-8-10-12-14-16-18-20-21-23-25-27-29-31-33-35-41(45)42-39(38-49-50(46,47)48-37-36-43(3,4)5)40(44)34-32-30-28-26-24-22-19-17-15-13-11-9-7-2/h16,18,39-40,44H,6-15,17,19-38H2,1-5H3,(H-,42,45,46,47)/p+1/b18-16-. The Morgan fingerprint density at radius 3 is 1.56 bits per heavy atom. The Morgan fingerprint density at radius 2 is 1.08 bits per heavy atom. The van der Waals surface area contributed by atoms with Gasteiger partial charge >= 0.3 is 7.82 Å². The van der Waals surface area contributed by atoms with Gasteiger partial charge in [-0.3, -0.25) is 13.8 Å². The summed E-state index contributed by atoms with van der Waals surface area (Å²) in [6.45, 7) is 4.87. The van der Waals surface area contributed by atoms with Crippen molar-refractivity contribution >= 4 is 13.7 Å². The molecule has 0 aliphatic carbocycles. The Morgan fingerprint density at radius 1 is 0.660 bits per heavy atom. The van der Waals surface area contributed by atoms with Crippen molar-refractivity contribution in [3.63, 3.8) is 0 Å². The molecule has 0 aromatic heterocycles. The molecule has 0 rings (SSSR count). The van der Waals surface area contributed by atoms with E-state index in [1.165, 1.54) is 128 Å². The summed E-state index contributed by atoms with van der Waals surface area (Å²) < 4.78 is 23.6. The first-order valence-corrected chi connectivity index (χ1v) is 22.5. The predicted molar refractivity (Wildman–Crippen MR) is 212 cm³/mol. The number of phosphoric ester groups is 1. The van der Waals surface area contributed by atoms with Crippen LogP contribution in [-0.4, -0.2) is 73.4 Å². The molecule has 0 aromatic carbocycles. The summed E-state index contributed by atoms with van der Waals surface area (Å²) in [5.41, 5.74) is 0. The summed E-state index contributed by atoms with van der Waals surface area (Å²) in [5, 5.41) is 13.9. The van der Waals surface area contributed by atoms with Crippen molar-refractivity contribution < 1.29 is 32.9 Å². The van der Waals surface area contributed by atoms with Crippen molar-refractivity contribution in [3.8, 4) is 0 Å². The number of phosphoric acid groups is 1. The van der Waals surface area contributed by atoms with Crippen LogP contribution in [0.5, 0.6) is 0 Å². The number of aliphatic hydroxyl groups excluding tert-OH is 1. The molecule has 0 radical (unpaired) electrons. The number of likely N-dealkylation sites (N-methyl/N-ethyl adjacent to an activating group) is 1. The van der Waals surface area contributed by atoms with Gasteiger partial charge in [0.05, 0.1) is 39.9 Å². The van der Waals surface area contributed by atoms with Gasteiger partial charge in [0.25, 0.3) is 0 Å². The van der Waals surface area contributed by atoms with Gasteiger partial charge < -0.3 is 19.8 Å². The normalized spacial score (nSPS) is 14.6. The van der Waals surface area contributed by atoms with Crippen molar-refractivity contribution in [3.05, 3.63) is 12.2 Å². The first kappa shape index (κ1) is 49.2. The van der Waals surface area contributed by atoms with Gasteiger partial charge in [0, 0.05) is 6.42 Å². The Balaban J connectivity index is 4.40. The van der Waals surface area contributed by atoms with Gasteiger partial charge in [-0.1, -0.05) is 161 Å². The summed E-state index contributed by atoms with van der Waals surface area (Å²) in [7, 11) is 1.62. The fourth-order valence-corrected chi connectivity index (χ4v) is 6.83.